The van der Waals surface area contributed by atoms with Gasteiger partial charge >= 0.3 is 5.97 Å². The molecule has 0 aromatic carbocycles. The molecule has 7 heteroatoms. The van der Waals surface area contributed by atoms with E-state index in [1.165, 1.54) is 22.0 Å². The summed E-state index contributed by atoms with van der Waals surface area (Å²) in [6.07, 6.45) is 5.08. The summed E-state index contributed by atoms with van der Waals surface area (Å²) < 4.78 is 1.33. The van der Waals surface area contributed by atoms with E-state index in [4.69, 9.17) is 5.11 Å². The summed E-state index contributed by atoms with van der Waals surface area (Å²) in [5.41, 5.74) is -0.641. The lowest BCUT2D eigenvalue weighted by molar-refractivity contribution is -0.146. The van der Waals surface area contributed by atoms with Crippen LogP contribution in [0.25, 0.3) is 0 Å². The molecule has 0 radical (unpaired) electrons. The molecule has 118 valence electrons. The van der Waals surface area contributed by atoms with Gasteiger partial charge < -0.3 is 10.4 Å². The third-order valence-corrected chi connectivity index (χ3v) is 4.31. The third kappa shape index (κ3) is 3.94. The van der Waals surface area contributed by atoms with E-state index in [1.54, 1.807) is 25.2 Å². The number of aromatic nitrogens is 2. The molecule has 2 aromatic heterocycles. The first kappa shape index (κ1) is 16.2. The minimum atomic E-state index is -1.15. The molecule has 0 bridgehead atoms. The van der Waals surface area contributed by atoms with Gasteiger partial charge in [-0.3, -0.25) is 9.48 Å². The van der Waals surface area contributed by atoms with Gasteiger partial charge in [-0.05, 0) is 38.1 Å². The molecule has 2 rings (SSSR count). The van der Waals surface area contributed by atoms with Crippen LogP contribution in [0, 0.1) is 0 Å². The average Bonchev–Trinajstić information content (AvgIpc) is 3.10. The second-order valence-electron chi connectivity index (χ2n) is 5.52. The van der Waals surface area contributed by atoms with E-state index < -0.39 is 11.5 Å². The van der Waals surface area contributed by atoms with Crippen molar-refractivity contribution >= 4 is 28.9 Å². The number of carbonyl (C=O) groups is 2. The van der Waals surface area contributed by atoms with Crippen LogP contribution in [0.5, 0.6) is 0 Å². The Kier molecular flexibility index (Phi) is 4.97. The van der Waals surface area contributed by atoms with E-state index in [2.05, 4.69) is 16.5 Å². The van der Waals surface area contributed by atoms with Crippen molar-refractivity contribution in [1.82, 2.24) is 9.78 Å². The highest BCUT2D eigenvalue weighted by Crippen LogP contribution is 2.18. The lowest BCUT2D eigenvalue weighted by Gasteiger charge is -2.19. The Morgan fingerprint density at radius 3 is 2.86 bits per heavy atom. The largest absolute Gasteiger partial charge is 0.479 e. The minimum absolute atomic E-state index is 0.0933. The SMILES string of the molecule is CC(C)(C(=O)O)n1cc(NC(=O)CCCc2cccs2)cn1. The number of carboxylic acids is 1. The molecule has 0 aliphatic heterocycles. The van der Waals surface area contributed by atoms with Crippen LogP contribution in [0.1, 0.15) is 31.6 Å². The monoisotopic (exact) mass is 321 g/mol. The summed E-state index contributed by atoms with van der Waals surface area (Å²) in [4.78, 5) is 24.3. The van der Waals surface area contributed by atoms with E-state index >= 15 is 0 Å². The van der Waals surface area contributed by atoms with Gasteiger partial charge in [0.2, 0.25) is 5.91 Å². The summed E-state index contributed by atoms with van der Waals surface area (Å²) in [5, 5.41) is 17.9. The minimum Gasteiger partial charge on any atom is -0.479 e. The number of carbonyl (C=O) groups excluding carboxylic acids is 1. The molecule has 0 saturated carbocycles. The van der Waals surface area contributed by atoms with Crippen molar-refractivity contribution < 1.29 is 14.7 Å². The number of aryl methyl sites for hydroxylation is 1. The normalized spacial score (nSPS) is 11.4. The molecule has 0 aliphatic carbocycles. The predicted octanol–water partition coefficient (Wildman–Crippen LogP) is 2.73. The number of hydrogen-bond acceptors (Lipinski definition) is 4. The summed E-state index contributed by atoms with van der Waals surface area (Å²) >= 11 is 1.69. The predicted molar refractivity (Wildman–Crippen MR) is 85.1 cm³/mol. The van der Waals surface area contributed by atoms with Gasteiger partial charge in [-0.25, -0.2) is 4.79 Å². The molecule has 6 nitrogen and oxygen atoms in total. The summed E-state index contributed by atoms with van der Waals surface area (Å²) in [6.45, 7) is 3.10. The molecule has 22 heavy (non-hydrogen) atoms. The summed E-state index contributed by atoms with van der Waals surface area (Å²) in [7, 11) is 0. The molecular formula is C15H19N3O3S. The van der Waals surface area contributed by atoms with Crippen molar-refractivity contribution in [3.05, 3.63) is 34.8 Å². The van der Waals surface area contributed by atoms with Crippen LogP contribution in [-0.2, 0) is 21.5 Å². The Hall–Kier alpha value is -2.15. The molecular weight excluding hydrogens is 302 g/mol. The van der Waals surface area contributed by atoms with Gasteiger partial charge in [-0.2, -0.15) is 5.10 Å². The maximum absolute atomic E-state index is 11.9. The third-order valence-electron chi connectivity index (χ3n) is 3.37. The van der Waals surface area contributed by atoms with Gasteiger partial charge in [0.05, 0.1) is 11.9 Å². The zero-order chi connectivity index (χ0) is 16.2. The smallest absolute Gasteiger partial charge is 0.331 e. The van der Waals surface area contributed by atoms with Crippen LogP contribution in [0.3, 0.4) is 0 Å². The van der Waals surface area contributed by atoms with Gasteiger partial charge in [0.15, 0.2) is 5.54 Å². The Labute approximate surface area is 132 Å². The number of amides is 1. The van der Waals surface area contributed by atoms with Crippen molar-refractivity contribution in [3.8, 4) is 0 Å². The van der Waals surface area contributed by atoms with Crippen molar-refractivity contribution in [3.63, 3.8) is 0 Å². The number of thiophene rings is 1. The fourth-order valence-corrected chi connectivity index (χ4v) is 2.64. The number of carboxylic acid groups (broad SMARTS) is 1. The van der Waals surface area contributed by atoms with Crippen molar-refractivity contribution in [2.24, 2.45) is 0 Å². The van der Waals surface area contributed by atoms with Crippen LogP contribution < -0.4 is 5.32 Å². The Morgan fingerprint density at radius 1 is 1.45 bits per heavy atom. The Morgan fingerprint density at radius 2 is 2.23 bits per heavy atom. The van der Waals surface area contributed by atoms with Crippen molar-refractivity contribution in [1.29, 1.82) is 0 Å². The number of anilines is 1. The molecule has 0 aliphatic rings. The lowest BCUT2D eigenvalue weighted by Crippen LogP contribution is -2.35. The zero-order valence-corrected chi connectivity index (χ0v) is 13.4. The van der Waals surface area contributed by atoms with E-state index in [-0.39, 0.29) is 5.91 Å². The fourth-order valence-electron chi connectivity index (χ4n) is 1.89. The van der Waals surface area contributed by atoms with Gasteiger partial charge in [0.25, 0.3) is 0 Å². The molecule has 2 heterocycles. The van der Waals surface area contributed by atoms with Crippen molar-refractivity contribution in [2.45, 2.75) is 38.6 Å². The summed E-state index contributed by atoms with van der Waals surface area (Å²) in [6, 6.07) is 4.05. The number of rotatable bonds is 7. The van der Waals surface area contributed by atoms with Gasteiger partial charge in [-0.1, -0.05) is 6.07 Å². The van der Waals surface area contributed by atoms with E-state index in [0.29, 0.717) is 12.1 Å². The van der Waals surface area contributed by atoms with Gasteiger partial charge in [0.1, 0.15) is 0 Å². The highest BCUT2D eigenvalue weighted by Gasteiger charge is 2.30. The van der Waals surface area contributed by atoms with Crippen LogP contribution in [0.15, 0.2) is 29.9 Å². The average molecular weight is 321 g/mol. The molecule has 1 amide bonds. The quantitative estimate of drug-likeness (QED) is 0.821. The number of aliphatic carboxylic acids is 1. The first-order chi connectivity index (χ1) is 10.4. The Balaban J connectivity index is 1.84. The standard InChI is InChI=1S/C15H19N3O3S/c1-15(2,14(20)21)18-10-11(9-16-18)17-13(19)7-3-5-12-6-4-8-22-12/h4,6,8-10H,3,5,7H2,1-2H3,(H,17,19)(H,20,21). The second kappa shape index (κ2) is 6.74. The molecule has 0 unspecified atom stereocenters. The van der Waals surface area contributed by atoms with Gasteiger partial charge in [0, 0.05) is 17.5 Å². The number of nitrogens with zero attached hydrogens (tertiary/aromatic N) is 2. The van der Waals surface area contributed by atoms with Crippen LogP contribution in [0.2, 0.25) is 0 Å². The lowest BCUT2D eigenvalue weighted by atomic mass is 10.1. The highest BCUT2D eigenvalue weighted by atomic mass is 32.1. The topological polar surface area (TPSA) is 84.2 Å². The van der Waals surface area contributed by atoms with E-state index in [0.717, 1.165) is 12.8 Å². The molecule has 2 N–H and O–H groups in total. The molecule has 0 saturated heterocycles. The van der Waals surface area contributed by atoms with Gasteiger partial charge in [-0.15, -0.1) is 11.3 Å². The van der Waals surface area contributed by atoms with Crippen LogP contribution >= 0.6 is 11.3 Å². The first-order valence-corrected chi connectivity index (χ1v) is 7.88. The first-order valence-electron chi connectivity index (χ1n) is 7.00. The van der Waals surface area contributed by atoms with Crippen molar-refractivity contribution in [2.75, 3.05) is 5.32 Å². The second-order valence-corrected chi connectivity index (χ2v) is 6.55. The van der Waals surface area contributed by atoms with Crippen LogP contribution in [-0.4, -0.2) is 26.8 Å². The Bertz CT molecular complexity index is 647. The molecule has 0 atom stereocenters. The fraction of sp³-hybridized carbons (Fsp3) is 0.400. The molecule has 2 aromatic rings. The van der Waals surface area contributed by atoms with E-state index in [1.807, 2.05) is 11.4 Å². The highest BCUT2D eigenvalue weighted by molar-refractivity contribution is 7.09. The summed E-state index contributed by atoms with van der Waals surface area (Å²) in [5.74, 6) is -1.08. The molecule has 0 fully saturated rings. The number of hydrogen-bond donors (Lipinski definition) is 2. The zero-order valence-electron chi connectivity index (χ0n) is 12.6. The maximum atomic E-state index is 11.9. The number of nitrogens with one attached hydrogen (secondary N) is 1. The van der Waals surface area contributed by atoms with Crippen LogP contribution in [0.4, 0.5) is 5.69 Å². The molecule has 0 spiro atoms. The maximum Gasteiger partial charge on any atom is 0.331 e. The van der Waals surface area contributed by atoms with E-state index in [9.17, 15) is 9.59 Å².